The Kier molecular flexibility index (Phi) is 9.98. The largest absolute Gasteiger partial charge is 0.497 e. The molecule has 0 aromatic heterocycles. The summed E-state index contributed by atoms with van der Waals surface area (Å²) in [5, 5.41) is 0. The van der Waals surface area contributed by atoms with Crippen molar-refractivity contribution in [2.45, 2.75) is 20.3 Å². The molecule has 2 heteroatoms. The predicted octanol–water partition coefficient (Wildman–Crippen LogP) is 3.84. The number of para-hydroxylation sites is 1. The summed E-state index contributed by atoms with van der Waals surface area (Å²) in [4.78, 5) is 0. The highest BCUT2D eigenvalue weighted by atomic mass is 32.2. The summed E-state index contributed by atoms with van der Waals surface area (Å²) in [6.45, 7) is 4.41. The number of rotatable bonds is 4. The van der Waals surface area contributed by atoms with Crippen LogP contribution in [0.4, 0.5) is 0 Å². The summed E-state index contributed by atoms with van der Waals surface area (Å²) >= 11 is 2.01. The van der Waals surface area contributed by atoms with E-state index in [0.717, 1.165) is 5.75 Å². The first-order valence-corrected chi connectivity index (χ1v) is 6.17. The van der Waals surface area contributed by atoms with E-state index in [2.05, 4.69) is 13.8 Å². The van der Waals surface area contributed by atoms with Crippen molar-refractivity contribution in [3.8, 4) is 5.75 Å². The third-order valence-electron chi connectivity index (χ3n) is 1.53. The average molecular weight is 212 g/mol. The van der Waals surface area contributed by atoms with Gasteiger partial charge in [0.2, 0.25) is 0 Å². The molecule has 0 atom stereocenters. The number of hydrogen-bond donors (Lipinski definition) is 0. The zero-order valence-corrected chi connectivity index (χ0v) is 10.1. The Morgan fingerprint density at radius 3 is 2.07 bits per heavy atom. The van der Waals surface area contributed by atoms with Gasteiger partial charge in [-0.3, -0.25) is 0 Å². The molecule has 0 heterocycles. The second-order valence-corrected chi connectivity index (χ2v) is 4.11. The molecule has 0 saturated heterocycles. The lowest BCUT2D eigenvalue weighted by Gasteiger charge is -1.93. The van der Waals surface area contributed by atoms with Gasteiger partial charge in [0.1, 0.15) is 5.75 Å². The lowest BCUT2D eigenvalue weighted by Crippen LogP contribution is -1.78. The minimum absolute atomic E-state index is 0.910. The van der Waals surface area contributed by atoms with E-state index in [1.165, 1.54) is 17.9 Å². The highest BCUT2D eigenvalue weighted by molar-refractivity contribution is 7.99. The van der Waals surface area contributed by atoms with Gasteiger partial charge in [0.15, 0.2) is 0 Å². The van der Waals surface area contributed by atoms with Gasteiger partial charge < -0.3 is 4.74 Å². The van der Waals surface area contributed by atoms with Crippen molar-refractivity contribution in [2.75, 3.05) is 18.6 Å². The van der Waals surface area contributed by atoms with Crippen LogP contribution >= 0.6 is 11.8 Å². The number of methoxy groups -OCH3 is 1. The average Bonchev–Trinajstić information content (AvgIpc) is 2.28. The molecule has 0 saturated carbocycles. The van der Waals surface area contributed by atoms with Crippen LogP contribution in [0.15, 0.2) is 30.3 Å². The molecule has 1 aromatic rings. The molecule has 0 fully saturated rings. The fraction of sp³-hybridized carbons (Fsp3) is 0.500. The molecular weight excluding hydrogens is 192 g/mol. The van der Waals surface area contributed by atoms with Gasteiger partial charge in [-0.2, -0.15) is 11.8 Å². The lowest BCUT2D eigenvalue weighted by atomic mass is 10.3. The number of thioether (sulfide) groups is 1. The lowest BCUT2D eigenvalue weighted by molar-refractivity contribution is 0.415. The topological polar surface area (TPSA) is 9.23 Å². The number of benzene rings is 1. The molecule has 0 unspecified atom stereocenters. The standard InChI is InChI=1S/C7H8O.C5H12S/c1-8-7-5-3-2-4-6-7;1-3-5-6-4-2/h2-6H,1H3;3-5H2,1-2H3. The maximum atomic E-state index is 4.91. The minimum atomic E-state index is 0.910. The van der Waals surface area contributed by atoms with Crippen molar-refractivity contribution in [1.82, 2.24) is 0 Å². The SMILES string of the molecule is CCCSCC.COc1ccccc1. The summed E-state index contributed by atoms with van der Waals surface area (Å²) in [7, 11) is 1.66. The van der Waals surface area contributed by atoms with E-state index in [1.54, 1.807) is 7.11 Å². The first kappa shape index (κ1) is 13.4. The van der Waals surface area contributed by atoms with E-state index in [9.17, 15) is 0 Å². The Bertz CT molecular complexity index is 195. The molecule has 1 rings (SSSR count). The van der Waals surface area contributed by atoms with Gasteiger partial charge in [-0.05, 0) is 30.1 Å². The zero-order chi connectivity index (χ0) is 10.6. The quantitative estimate of drug-likeness (QED) is 0.701. The van der Waals surface area contributed by atoms with Gasteiger partial charge in [0, 0.05) is 0 Å². The maximum Gasteiger partial charge on any atom is 0.118 e. The molecular formula is C12H20OS. The van der Waals surface area contributed by atoms with Crippen LogP contribution in [-0.4, -0.2) is 18.6 Å². The smallest absolute Gasteiger partial charge is 0.118 e. The highest BCUT2D eigenvalue weighted by Gasteiger charge is 1.80. The summed E-state index contributed by atoms with van der Waals surface area (Å²) in [6.07, 6.45) is 1.32. The molecule has 0 aliphatic rings. The van der Waals surface area contributed by atoms with Gasteiger partial charge in [-0.25, -0.2) is 0 Å². The summed E-state index contributed by atoms with van der Waals surface area (Å²) in [6, 6.07) is 9.68. The van der Waals surface area contributed by atoms with E-state index in [1.807, 2.05) is 42.1 Å². The van der Waals surface area contributed by atoms with Crippen LogP contribution in [0.3, 0.4) is 0 Å². The van der Waals surface area contributed by atoms with E-state index in [4.69, 9.17) is 4.74 Å². The molecule has 0 radical (unpaired) electrons. The second-order valence-electron chi connectivity index (χ2n) is 2.71. The second kappa shape index (κ2) is 10.5. The third kappa shape index (κ3) is 7.99. The van der Waals surface area contributed by atoms with E-state index in [0.29, 0.717) is 0 Å². The highest BCUT2D eigenvalue weighted by Crippen LogP contribution is 2.05. The first-order valence-electron chi connectivity index (χ1n) is 5.01. The van der Waals surface area contributed by atoms with Crippen molar-refractivity contribution in [1.29, 1.82) is 0 Å². The van der Waals surface area contributed by atoms with Crippen molar-refractivity contribution < 1.29 is 4.74 Å². The Morgan fingerprint density at radius 1 is 1.14 bits per heavy atom. The maximum absolute atomic E-state index is 4.91. The third-order valence-corrected chi connectivity index (χ3v) is 2.64. The Morgan fingerprint density at radius 2 is 1.79 bits per heavy atom. The van der Waals surface area contributed by atoms with Crippen LogP contribution < -0.4 is 4.74 Å². The molecule has 1 nitrogen and oxygen atoms in total. The Labute approximate surface area is 91.9 Å². The fourth-order valence-electron chi connectivity index (χ4n) is 0.845. The van der Waals surface area contributed by atoms with Gasteiger partial charge in [0.05, 0.1) is 7.11 Å². The molecule has 14 heavy (non-hydrogen) atoms. The first-order chi connectivity index (χ1) is 6.85. The zero-order valence-electron chi connectivity index (χ0n) is 9.32. The molecule has 0 aliphatic heterocycles. The van der Waals surface area contributed by atoms with Gasteiger partial charge in [0.25, 0.3) is 0 Å². The number of ether oxygens (including phenoxy) is 1. The van der Waals surface area contributed by atoms with Crippen LogP contribution in [0.1, 0.15) is 20.3 Å². The molecule has 1 aromatic carbocycles. The minimum Gasteiger partial charge on any atom is -0.497 e. The van der Waals surface area contributed by atoms with Crippen molar-refractivity contribution in [3.63, 3.8) is 0 Å². The van der Waals surface area contributed by atoms with Crippen LogP contribution in [-0.2, 0) is 0 Å². The van der Waals surface area contributed by atoms with E-state index in [-0.39, 0.29) is 0 Å². The molecule has 0 aliphatic carbocycles. The van der Waals surface area contributed by atoms with Crippen molar-refractivity contribution >= 4 is 11.8 Å². The van der Waals surface area contributed by atoms with Crippen molar-refractivity contribution in [2.24, 2.45) is 0 Å². The van der Waals surface area contributed by atoms with Crippen LogP contribution in [0.2, 0.25) is 0 Å². The van der Waals surface area contributed by atoms with Gasteiger partial charge >= 0.3 is 0 Å². The van der Waals surface area contributed by atoms with Crippen molar-refractivity contribution in [3.05, 3.63) is 30.3 Å². The summed E-state index contributed by atoms with van der Waals surface area (Å²) in [5.74, 6) is 3.51. The molecule has 0 bridgehead atoms. The van der Waals surface area contributed by atoms with E-state index >= 15 is 0 Å². The normalized spacial score (nSPS) is 8.79. The van der Waals surface area contributed by atoms with Gasteiger partial charge in [-0.15, -0.1) is 0 Å². The Balaban J connectivity index is 0.000000255. The predicted molar refractivity (Wildman–Crippen MR) is 66.3 cm³/mol. The van der Waals surface area contributed by atoms with E-state index < -0.39 is 0 Å². The van der Waals surface area contributed by atoms with Crippen LogP contribution in [0, 0.1) is 0 Å². The summed E-state index contributed by atoms with van der Waals surface area (Å²) in [5.41, 5.74) is 0. The van der Waals surface area contributed by atoms with Crippen LogP contribution in [0.25, 0.3) is 0 Å². The molecule has 0 N–H and O–H groups in total. The molecule has 0 spiro atoms. The molecule has 0 amide bonds. The molecule has 80 valence electrons. The number of hydrogen-bond acceptors (Lipinski definition) is 2. The van der Waals surface area contributed by atoms with Crippen LogP contribution in [0.5, 0.6) is 5.75 Å². The van der Waals surface area contributed by atoms with Gasteiger partial charge in [-0.1, -0.05) is 32.0 Å². The fourth-order valence-corrected chi connectivity index (χ4v) is 1.42. The monoisotopic (exact) mass is 212 g/mol. The summed E-state index contributed by atoms with van der Waals surface area (Å²) < 4.78 is 4.91. The Hall–Kier alpha value is -0.630.